The van der Waals surface area contributed by atoms with Crippen LogP contribution < -0.4 is 10.2 Å². The highest BCUT2D eigenvalue weighted by Crippen LogP contribution is 2.22. The van der Waals surface area contributed by atoms with Crippen LogP contribution in [-0.2, 0) is 6.54 Å². The van der Waals surface area contributed by atoms with Crippen LogP contribution in [-0.4, -0.2) is 47.6 Å². The smallest absolute Gasteiger partial charge is 0.335 e. The zero-order valence-corrected chi connectivity index (χ0v) is 19.4. The fourth-order valence-electron chi connectivity index (χ4n) is 4.17. The van der Waals surface area contributed by atoms with Crippen LogP contribution in [0.5, 0.6) is 0 Å². The first-order valence-corrected chi connectivity index (χ1v) is 11.4. The maximum absolute atomic E-state index is 13.3. The molecule has 1 saturated heterocycles. The second-order valence-corrected chi connectivity index (χ2v) is 8.60. The summed E-state index contributed by atoms with van der Waals surface area (Å²) in [4.78, 5) is 20.8. The summed E-state index contributed by atoms with van der Waals surface area (Å²) in [5, 5.41) is 12.7. The summed E-state index contributed by atoms with van der Waals surface area (Å²) >= 11 is 0. The average Bonchev–Trinajstić information content (AvgIpc) is 2.83. The molecule has 1 atom stereocenters. The third-order valence-corrected chi connectivity index (χ3v) is 5.95. The quantitative estimate of drug-likeness (QED) is 0.414. The van der Waals surface area contributed by atoms with Gasteiger partial charge in [-0.2, -0.15) is 0 Å². The normalized spacial score (nSPS) is 16.4. The minimum absolute atomic E-state index is 0.209. The van der Waals surface area contributed by atoms with E-state index in [-0.39, 0.29) is 17.4 Å². The lowest BCUT2D eigenvalue weighted by Gasteiger charge is -2.42. The van der Waals surface area contributed by atoms with Crippen LogP contribution in [0.25, 0.3) is 0 Å². The molecular weight excluding hydrogens is 431 g/mol. The molecule has 3 aromatic carbocycles. The van der Waals surface area contributed by atoms with Crippen molar-refractivity contribution in [3.63, 3.8) is 0 Å². The first-order chi connectivity index (χ1) is 16.4. The van der Waals surface area contributed by atoms with Crippen LogP contribution in [0.15, 0.2) is 77.8 Å². The van der Waals surface area contributed by atoms with Gasteiger partial charge in [0.05, 0.1) is 12.1 Å². The highest BCUT2D eigenvalue weighted by atomic mass is 19.1. The van der Waals surface area contributed by atoms with Gasteiger partial charge in [-0.15, -0.1) is 0 Å². The molecule has 1 aliphatic heterocycles. The molecule has 3 aromatic rings. The number of aromatic carboxylic acids is 1. The molecule has 34 heavy (non-hydrogen) atoms. The number of aryl methyl sites for hydroxylation is 1. The van der Waals surface area contributed by atoms with Crippen molar-refractivity contribution in [1.29, 1.82) is 0 Å². The Labute approximate surface area is 199 Å². The van der Waals surface area contributed by atoms with Crippen molar-refractivity contribution >= 4 is 23.3 Å². The van der Waals surface area contributed by atoms with Crippen molar-refractivity contribution in [1.82, 2.24) is 4.90 Å². The Balaban J connectivity index is 1.56. The number of carboxylic acids is 1. The molecule has 176 valence electrons. The number of hydrogen-bond acceptors (Lipinski definition) is 3. The molecule has 0 bridgehead atoms. The topological polar surface area (TPSA) is 68.2 Å². The third kappa shape index (κ3) is 5.73. The van der Waals surface area contributed by atoms with Crippen LogP contribution in [0.1, 0.15) is 28.4 Å². The van der Waals surface area contributed by atoms with E-state index in [0.29, 0.717) is 18.2 Å². The van der Waals surface area contributed by atoms with Crippen molar-refractivity contribution in [3.8, 4) is 0 Å². The van der Waals surface area contributed by atoms with E-state index < -0.39 is 5.97 Å². The minimum Gasteiger partial charge on any atom is -0.478 e. The van der Waals surface area contributed by atoms with E-state index in [1.54, 1.807) is 30.3 Å². The van der Waals surface area contributed by atoms with Crippen LogP contribution in [0, 0.1) is 12.7 Å². The Bertz CT molecular complexity index is 1180. The second kappa shape index (κ2) is 10.4. The molecule has 1 aliphatic rings. The van der Waals surface area contributed by atoms with E-state index in [2.05, 4.69) is 53.2 Å². The summed E-state index contributed by atoms with van der Waals surface area (Å²) in [6.07, 6.45) is 0. The van der Waals surface area contributed by atoms with E-state index in [9.17, 15) is 14.3 Å². The van der Waals surface area contributed by atoms with Crippen molar-refractivity contribution in [2.24, 2.45) is 4.99 Å². The lowest BCUT2D eigenvalue weighted by atomic mass is 10.1. The van der Waals surface area contributed by atoms with Gasteiger partial charge in [0.25, 0.3) is 0 Å². The summed E-state index contributed by atoms with van der Waals surface area (Å²) < 4.78 is 13.3. The van der Waals surface area contributed by atoms with Crippen LogP contribution in [0.4, 0.5) is 15.8 Å². The number of anilines is 2. The van der Waals surface area contributed by atoms with Crippen molar-refractivity contribution in [2.45, 2.75) is 26.4 Å². The van der Waals surface area contributed by atoms with Crippen molar-refractivity contribution < 1.29 is 14.3 Å². The Morgan fingerprint density at radius 3 is 2.56 bits per heavy atom. The molecule has 0 spiro atoms. The number of benzene rings is 3. The van der Waals surface area contributed by atoms with Crippen LogP contribution >= 0.6 is 0 Å². The van der Waals surface area contributed by atoms with Gasteiger partial charge in [0, 0.05) is 37.1 Å². The van der Waals surface area contributed by atoms with E-state index in [4.69, 9.17) is 4.99 Å². The summed E-state index contributed by atoms with van der Waals surface area (Å²) in [5.41, 5.74) is 4.20. The molecule has 0 radical (unpaired) electrons. The first-order valence-electron chi connectivity index (χ1n) is 11.4. The molecule has 0 amide bonds. The van der Waals surface area contributed by atoms with E-state index in [1.165, 1.54) is 23.4 Å². The van der Waals surface area contributed by atoms with Crippen molar-refractivity contribution in [3.05, 3.63) is 95.3 Å². The Morgan fingerprint density at radius 2 is 1.85 bits per heavy atom. The number of rotatable bonds is 5. The van der Waals surface area contributed by atoms with Gasteiger partial charge in [-0.05, 0) is 67.4 Å². The number of carboxylic acid groups (broad SMARTS) is 1. The molecule has 6 nitrogen and oxygen atoms in total. The summed E-state index contributed by atoms with van der Waals surface area (Å²) in [5.74, 6) is -0.589. The predicted molar refractivity (Wildman–Crippen MR) is 134 cm³/mol. The molecule has 1 unspecified atom stereocenters. The molecule has 1 fully saturated rings. The number of hydrogen-bond donors (Lipinski definition) is 2. The molecule has 7 heteroatoms. The van der Waals surface area contributed by atoms with Gasteiger partial charge in [0.2, 0.25) is 0 Å². The summed E-state index contributed by atoms with van der Waals surface area (Å²) in [7, 11) is 0. The number of guanidine groups is 1. The number of halogens is 1. The lowest BCUT2D eigenvalue weighted by molar-refractivity contribution is 0.0697. The lowest BCUT2D eigenvalue weighted by Crippen LogP contribution is -2.55. The summed E-state index contributed by atoms with van der Waals surface area (Å²) in [6, 6.07) is 21.8. The van der Waals surface area contributed by atoms with Gasteiger partial charge >= 0.3 is 5.97 Å². The SMILES string of the molecule is Cc1cccc(N2CCN(C(=NCc3ccc(F)cc3)Nc3cccc(C(=O)O)c3)CC2C)c1. The second-order valence-electron chi connectivity index (χ2n) is 8.60. The highest BCUT2D eigenvalue weighted by molar-refractivity contribution is 5.96. The number of nitrogens with zero attached hydrogens (tertiary/aromatic N) is 3. The Kier molecular flexibility index (Phi) is 7.11. The van der Waals surface area contributed by atoms with Gasteiger partial charge in [0.15, 0.2) is 5.96 Å². The highest BCUT2D eigenvalue weighted by Gasteiger charge is 2.26. The van der Waals surface area contributed by atoms with E-state index >= 15 is 0 Å². The monoisotopic (exact) mass is 460 g/mol. The molecule has 0 saturated carbocycles. The zero-order chi connectivity index (χ0) is 24.1. The maximum atomic E-state index is 13.3. The fourth-order valence-corrected chi connectivity index (χ4v) is 4.17. The number of aliphatic imine (C=N–C) groups is 1. The Morgan fingerprint density at radius 1 is 1.09 bits per heavy atom. The zero-order valence-electron chi connectivity index (χ0n) is 19.4. The fraction of sp³-hybridized carbons (Fsp3) is 0.259. The molecule has 4 rings (SSSR count). The van der Waals surface area contributed by atoms with Gasteiger partial charge < -0.3 is 20.2 Å². The number of piperazine rings is 1. The standard InChI is InChI=1S/C27H29FN4O2/c1-19-5-3-8-25(15-19)32-14-13-31(18-20(32)2)27(29-17-21-9-11-23(28)12-10-21)30-24-7-4-6-22(16-24)26(33)34/h3-12,15-16,20H,13-14,17-18H2,1-2H3,(H,29,30)(H,33,34). The van der Waals surface area contributed by atoms with E-state index in [0.717, 1.165) is 25.2 Å². The molecule has 0 aliphatic carbocycles. The Hall–Kier alpha value is -3.87. The maximum Gasteiger partial charge on any atom is 0.335 e. The van der Waals surface area contributed by atoms with Gasteiger partial charge in [-0.25, -0.2) is 14.2 Å². The average molecular weight is 461 g/mol. The molecule has 2 N–H and O–H groups in total. The minimum atomic E-state index is -0.978. The molecule has 1 heterocycles. The number of carbonyl (C=O) groups is 1. The van der Waals surface area contributed by atoms with E-state index in [1.807, 2.05) is 6.07 Å². The summed E-state index contributed by atoms with van der Waals surface area (Å²) in [6.45, 7) is 7.01. The molecule has 0 aromatic heterocycles. The van der Waals surface area contributed by atoms with Crippen LogP contribution in [0.2, 0.25) is 0 Å². The number of nitrogens with one attached hydrogen (secondary N) is 1. The largest absolute Gasteiger partial charge is 0.478 e. The van der Waals surface area contributed by atoms with Gasteiger partial charge in [0.1, 0.15) is 5.82 Å². The van der Waals surface area contributed by atoms with Crippen LogP contribution in [0.3, 0.4) is 0 Å². The molecular formula is C27H29FN4O2. The third-order valence-electron chi connectivity index (χ3n) is 5.95. The van der Waals surface area contributed by atoms with Gasteiger partial charge in [-0.3, -0.25) is 0 Å². The first kappa shape index (κ1) is 23.3. The van der Waals surface area contributed by atoms with Gasteiger partial charge in [-0.1, -0.05) is 30.3 Å². The predicted octanol–water partition coefficient (Wildman–Crippen LogP) is 5.01. The van der Waals surface area contributed by atoms with Crippen molar-refractivity contribution in [2.75, 3.05) is 29.9 Å².